The molecule has 1 aliphatic heterocycles. The van der Waals surface area contributed by atoms with Gasteiger partial charge in [0.2, 0.25) is 10.0 Å². The minimum atomic E-state index is -3.99. The molecule has 106 valence electrons. The van der Waals surface area contributed by atoms with Crippen LogP contribution in [0.4, 0.5) is 8.78 Å². The van der Waals surface area contributed by atoms with Gasteiger partial charge in [-0.05, 0) is 34.8 Å². The van der Waals surface area contributed by atoms with Gasteiger partial charge in [-0.15, -0.1) is 0 Å². The van der Waals surface area contributed by atoms with Crippen LogP contribution in [0, 0.1) is 11.6 Å². The highest BCUT2D eigenvalue weighted by Crippen LogP contribution is 2.30. The summed E-state index contributed by atoms with van der Waals surface area (Å²) in [4.78, 5) is -0.527. The van der Waals surface area contributed by atoms with Crippen LogP contribution < -0.4 is 5.73 Å². The Labute approximate surface area is 118 Å². The second-order valence-electron chi connectivity index (χ2n) is 4.34. The molecule has 0 bridgehead atoms. The number of nitrogens with two attached hydrogens (primary N) is 1. The van der Waals surface area contributed by atoms with Gasteiger partial charge in [0.25, 0.3) is 0 Å². The molecule has 8 heteroatoms. The van der Waals surface area contributed by atoms with Gasteiger partial charge in [-0.2, -0.15) is 4.31 Å². The van der Waals surface area contributed by atoms with Crippen LogP contribution in [0.1, 0.15) is 12.8 Å². The number of benzene rings is 1. The van der Waals surface area contributed by atoms with E-state index in [1.165, 1.54) is 4.31 Å². The predicted octanol–water partition coefficient (Wildman–Crippen LogP) is 1.84. The summed E-state index contributed by atoms with van der Waals surface area (Å²) >= 11 is 2.86. The molecule has 1 fully saturated rings. The van der Waals surface area contributed by atoms with Crippen LogP contribution in [0.5, 0.6) is 0 Å². The largest absolute Gasteiger partial charge is 0.329 e. The van der Waals surface area contributed by atoms with Crippen molar-refractivity contribution in [1.82, 2.24) is 4.31 Å². The van der Waals surface area contributed by atoms with Crippen LogP contribution in [0.2, 0.25) is 0 Å². The first kappa shape index (κ1) is 14.8. The van der Waals surface area contributed by atoms with Gasteiger partial charge in [-0.1, -0.05) is 0 Å². The van der Waals surface area contributed by atoms with E-state index < -0.39 is 26.6 Å². The van der Waals surface area contributed by atoms with Gasteiger partial charge in [-0.3, -0.25) is 0 Å². The first-order valence-electron chi connectivity index (χ1n) is 5.74. The second-order valence-corrected chi connectivity index (χ2v) is 7.06. The molecule has 0 unspecified atom stereocenters. The Balaban J connectivity index is 2.48. The van der Waals surface area contributed by atoms with Crippen molar-refractivity contribution in [3.63, 3.8) is 0 Å². The molecule has 1 aromatic carbocycles. The Kier molecular flexibility index (Phi) is 4.24. The third-order valence-electron chi connectivity index (χ3n) is 3.16. The van der Waals surface area contributed by atoms with Gasteiger partial charge in [0.15, 0.2) is 0 Å². The van der Waals surface area contributed by atoms with Crippen LogP contribution in [0.15, 0.2) is 21.5 Å². The van der Waals surface area contributed by atoms with E-state index in [1.807, 2.05) is 0 Å². The Bertz CT molecular complexity index is 595. The fourth-order valence-electron chi connectivity index (χ4n) is 2.19. The van der Waals surface area contributed by atoms with Crippen LogP contribution in [0.25, 0.3) is 0 Å². The van der Waals surface area contributed by atoms with Crippen molar-refractivity contribution in [3.05, 3.63) is 28.2 Å². The van der Waals surface area contributed by atoms with Gasteiger partial charge >= 0.3 is 0 Å². The minimum Gasteiger partial charge on any atom is -0.329 e. The molecule has 2 N–H and O–H groups in total. The fourth-order valence-corrected chi connectivity index (χ4v) is 4.46. The minimum absolute atomic E-state index is 0.0871. The zero-order chi connectivity index (χ0) is 14.2. The molecule has 0 aliphatic carbocycles. The molecule has 19 heavy (non-hydrogen) atoms. The normalized spacial score (nSPS) is 20.9. The zero-order valence-corrected chi connectivity index (χ0v) is 12.3. The molecule has 0 aromatic heterocycles. The molecule has 0 radical (unpaired) electrons. The summed E-state index contributed by atoms with van der Waals surface area (Å²) in [5.74, 6) is -1.93. The van der Waals surface area contributed by atoms with Crippen molar-refractivity contribution < 1.29 is 17.2 Å². The van der Waals surface area contributed by atoms with Gasteiger partial charge in [0.1, 0.15) is 16.5 Å². The van der Waals surface area contributed by atoms with E-state index in [2.05, 4.69) is 15.9 Å². The lowest BCUT2D eigenvalue weighted by Gasteiger charge is -2.23. The number of hydrogen-bond donors (Lipinski definition) is 1. The van der Waals surface area contributed by atoms with E-state index in [9.17, 15) is 17.2 Å². The highest BCUT2D eigenvalue weighted by atomic mass is 79.9. The predicted molar refractivity (Wildman–Crippen MR) is 70.0 cm³/mol. The molecule has 0 saturated carbocycles. The van der Waals surface area contributed by atoms with Crippen molar-refractivity contribution in [2.75, 3.05) is 13.1 Å². The molecule has 0 spiro atoms. The quantitative estimate of drug-likeness (QED) is 0.842. The molecule has 1 atom stereocenters. The average Bonchev–Trinajstić information content (AvgIpc) is 2.82. The Morgan fingerprint density at radius 3 is 2.68 bits per heavy atom. The number of halogens is 3. The van der Waals surface area contributed by atoms with E-state index in [-0.39, 0.29) is 17.1 Å². The monoisotopic (exact) mass is 354 g/mol. The number of hydrogen-bond acceptors (Lipinski definition) is 3. The van der Waals surface area contributed by atoms with Gasteiger partial charge in [0, 0.05) is 25.2 Å². The van der Waals surface area contributed by atoms with Gasteiger partial charge < -0.3 is 5.73 Å². The highest BCUT2D eigenvalue weighted by Gasteiger charge is 2.36. The van der Waals surface area contributed by atoms with Crippen LogP contribution >= 0.6 is 15.9 Å². The van der Waals surface area contributed by atoms with E-state index >= 15 is 0 Å². The molecule has 1 saturated heterocycles. The summed E-state index contributed by atoms with van der Waals surface area (Å²) in [6, 6.07) is 1.18. The molecule has 2 rings (SSSR count). The second kappa shape index (κ2) is 5.43. The lowest BCUT2D eigenvalue weighted by Crippen LogP contribution is -2.40. The van der Waals surface area contributed by atoms with E-state index in [4.69, 9.17) is 5.73 Å². The number of rotatable bonds is 3. The van der Waals surface area contributed by atoms with Crippen molar-refractivity contribution in [2.24, 2.45) is 5.73 Å². The van der Waals surface area contributed by atoms with Gasteiger partial charge in [-0.25, -0.2) is 17.2 Å². The maximum absolute atomic E-state index is 13.7. The Morgan fingerprint density at radius 2 is 2.05 bits per heavy atom. The summed E-state index contributed by atoms with van der Waals surface area (Å²) in [5.41, 5.74) is 5.52. The fraction of sp³-hybridized carbons (Fsp3) is 0.455. The van der Waals surface area contributed by atoms with Crippen LogP contribution in [-0.4, -0.2) is 31.9 Å². The van der Waals surface area contributed by atoms with Gasteiger partial charge in [0.05, 0.1) is 4.47 Å². The lowest BCUT2D eigenvalue weighted by atomic mass is 10.2. The average molecular weight is 355 g/mol. The highest BCUT2D eigenvalue weighted by molar-refractivity contribution is 9.10. The molecular weight excluding hydrogens is 342 g/mol. The standard InChI is InChI=1S/C11H13BrF2N2O2S/c12-8-4-11(10(14)5-9(8)13)19(17,18)16-3-1-2-7(16)6-15/h4-5,7H,1-3,6,15H2/t7-/m1/s1. The maximum Gasteiger partial charge on any atom is 0.246 e. The Hall–Kier alpha value is -0.570. The molecular formula is C11H13BrF2N2O2S. The molecule has 1 heterocycles. The summed E-state index contributed by atoms with van der Waals surface area (Å²) in [6.45, 7) is 0.488. The van der Waals surface area contributed by atoms with Crippen molar-refractivity contribution >= 4 is 26.0 Å². The third-order valence-corrected chi connectivity index (χ3v) is 5.73. The lowest BCUT2D eigenvalue weighted by molar-refractivity contribution is 0.390. The van der Waals surface area contributed by atoms with Crippen LogP contribution in [-0.2, 0) is 10.0 Å². The van der Waals surface area contributed by atoms with E-state index in [1.54, 1.807) is 0 Å². The first-order chi connectivity index (χ1) is 8.87. The third kappa shape index (κ3) is 2.67. The van der Waals surface area contributed by atoms with E-state index in [0.717, 1.165) is 6.07 Å². The Morgan fingerprint density at radius 1 is 1.37 bits per heavy atom. The summed E-state index contributed by atoms with van der Waals surface area (Å²) in [7, 11) is -3.99. The number of nitrogens with zero attached hydrogens (tertiary/aromatic N) is 1. The summed E-state index contributed by atoms with van der Waals surface area (Å²) < 4.78 is 52.7. The SMILES string of the molecule is NC[C@H]1CCCN1S(=O)(=O)c1cc(Br)c(F)cc1F. The summed E-state index contributed by atoms with van der Waals surface area (Å²) in [5, 5.41) is 0. The zero-order valence-electron chi connectivity index (χ0n) is 9.94. The van der Waals surface area contributed by atoms with Crippen molar-refractivity contribution in [1.29, 1.82) is 0 Å². The van der Waals surface area contributed by atoms with Crippen molar-refractivity contribution in [2.45, 2.75) is 23.8 Å². The smallest absolute Gasteiger partial charge is 0.246 e. The maximum atomic E-state index is 13.7. The molecule has 0 amide bonds. The van der Waals surface area contributed by atoms with E-state index in [0.29, 0.717) is 25.5 Å². The van der Waals surface area contributed by atoms with Crippen LogP contribution in [0.3, 0.4) is 0 Å². The summed E-state index contributed by atoms with van der Waals surface area (Å²) in [6.07, 6.45) is 1.34. The topological polar surface area (TPSA) is 63.4 Å². The molecule has 1 aliphatic rings. The first-order valence-corrected chi connectivity index (χ1v) is 7.97. The molecule has 4 nitrogen and oxygen atoms in total. The van der Waals surface area contributed by atoms with Crippen molar-refractivity contribution in [3.8, 4) is 0 Å². The molecule has 1 aromatic rings. The number of sulfonamides is 1.